The van der Waals surface area contributed by atoms with Crippen LogP contribution in [0.4, 0.5) is 0 Å². The fourth-order valence-corrected chi connectivity index (χ4v) is 2.75. The van der Waals surface area contributed by atoms with Gasteiger partial charge in [0.1, 0.15) is 11.3 Å². The molecule has 1 heterocycles. The zero-order chi connectivity index (χ0) is 14.8. The summed E-state index contributed by atoms with van der Waals surface area (Å²) in [6.45, 7) is 1.99. The van der Waals surface area contributed by atoms with Gasteiger partial charge in [-0.15, -0.1) is 0 Å². The molecule has 0 bridgehead atoms. The molecule has 2 aromatic carbocycles. The molecule has 0 spiro atoms. The molecular weight excluding hydrogens is 265 g/mol. The van der Waals surface area contributed by atoms with Gasteiger partial charge in [-0.3, -0.25) is 0 Å². The van der Waals surface area contributed by atoms with Gasteiger partial charge in [0, 0.05) is 5.92 Å². The topological polar surface area (TPSA) is 50.4 Å². The lowest BCUT2D eigenvalue weighted by Crippen LogP contribution is -2.13. The van der Waals surface area contributed by atoms with Crippen LogP contribution in [0.3, 0.4) is 0 Å². The summed E-state index contributed by atoms with van der Waals surface area (Å²) in [6.07, 6.45) is 0.709. The van der Waals surface area contributed by atoms with Crippen molar-refractivity contribution in [1.29, 1.82) is 0 Å². The second-order valence-electron chi connectivity index (χ2n) is 5.02. The summed E-state index contributed by atoms with van der Waals surface area (Å²) in [5.74, 6) is -0.149. The molecule has 3 heteroatoms. The van der Waals surface area contributed by atoms with Crippen LogP contribution in [0, 0.1) is 0 Å². The van der Waals surface area contributed by atoms with E-state index in [1.807, 2.05) is 43.3 Å². The molecule has 0 aliphatic carbocycles. The summed E-state index contributed by atoms with van der Waals surface area (Å²) >= 11 is 0. The van der Waals surface area contributed by atoms with Crippen LogP contribution in [-0.4, -0.2) is 5.11 Å². The first-order chi connectivity index (χ1) is 10.2. The van der Waals surface area contributed by atoms with Gasteiger partial charge in [-0.1, -0.05) is 49.4 Å². The molecule has 0 aliphatic rings. The van der Waals surface area contributed by atoms with E-state index in [0.717, 1.165) is 5.56 Å². The average Bonchev–Trinajstić information content (AvgIpc) is 2.52. The molecule has 0 amide bonds. The van der Waals surface area contributed by atoms with Gasteiger partial charge in [-0.05, 0) is 24.1 Å². The minimum absolute atomic E-state index is 0.0255. The largest absolute Gasteiger partial charge is 0.507 e. The Morgan fingerprint density at radius 3 is 2.43 bits per heavy atom. The lowest BCUT2D eigenvalue weighted by molar-refractivity contribution is 0.450. The maximum Gasteiger partial charge on any atom is 0.343 e. The molecule has 3 nitrogen and oxygen atoms in total. The van der Waals surface area contributed by atoms with Crippen molar-refractivity contribution < 1.29 is 9.52 Å². The van der Waals surface area contributed by atoms with Crippen molar-refractivity contribution in [2.45, 2.75) is 19.3 Å². The van der Waals surface area contributed by atoms with E-state index in [1.165, 1.54) is 0 Å². The van der Waals surface area contributed by atoms with Crippen molar-refractivity contribution in [1.82, 2.24) is 0 Å². The second-order valence-corrected chi connectivity index (χ2v) is 5.02. The summed E-state index contributed by atoms with van der Waals surface area (Å²) < 4.78 is 5.36. The van der Waals surface area contributed by atoms with Crippen molar-refractivity contribution in [3.05, 3.63) is 76.1 Å². The predicted molar refractivity (Wildman–Crippen MR) is 82.7 cm³/mol. The van der Waals surface area contributed by atoms with Crippen LogP contribution >= 0.6 is 0 Å². The van der Waals surface area contributed by atoms with Crippen molar-refractivity contribution in [2.75, 3.05) is 0 Å². The van der Waals surface area contributed by atoms with Crippen LogP contribution < -0.4 is 5.63 Å². The highest BCUT2D eigenvalue weighted by Crippen LogP contribution is 2.35. The molecular formula is C18H16O3. The SMILES string of the molecule is CCC(c1ccccc1)c1c(O)c2ccccc2o[13c]1=O. The number of para-hydroxylation sites is 1. The second kappa shape index (κ2) is 5.44. The summed E-state index contributed by atoms with van der Waals surface area (Å²) in [4.78, 5) is 12.3. The van der Waals surface area contributed by atoms with Crippen LogP contribution in [0.1, 0.15) is 30.4 Å². The fourth-order valence-electron chi connectivity index (χ4n) is 2.75. The molecule has 3 aromatic rings. The Kier molecular flexibility index (Phi) is 3.48. The molecule has 3 rings (SSSR count). The van der Waals surface area contributed by atoms with Crippen molar-refractivity contribution in [2.24, 2.45) is 0 Å². The van der Waals surface area contributed by atoms with E-state index in [2.05, 4.69) is 0 Å². The third-order valence-corrected chi connectivity index (χ3v) is 3.78. The van der Waals surface area contributed by atoms with Crippen molar-refractivity contribution in [3.8, 4) is 5.75 Å². The number of hydrogen-bond donors (Lipinski definition) is 1. The minimum atomic E-state index is -0.470. The highest BCUT2D eigenvalue weighted by Gasteiger charge is 2.22. The van der Waals surface area contributed by atoms with Gasteiger partial charge < -0.3 is 9.52 Å². The molecule has 0 saturated carbocycles. The fraction of sp³-hybridized carbons (Fsp3) is 0.167. The van der Waals surface area contributed by atoms with Crippen LogP contribution in [0.2, 0.25) is 0 Å². The highest BCUT2D eigenvalue weighted by molar-refractivity contribution is 5.84. The molecule has 21 heavy (non-hydrogen) atoms. The molecule has 0 aliphatic heterocycles. The van der Waals surface area contributed by atoms with E-state index in [0.29, 0.717) is 23.0 Å². The summed E-state index contributed by atoms with van der Waals surface area (Å²) in [7, 11) is 0. The normalized spacial score (nSPS) is 12.4. The number of hydrogen-bond acceptors (Lipinski definition) is 3. The molecule has 1 N–H and O–H groups in total. The van der Waals surface area contributed by atoms with E-state index >= 15 is 0 Å². The lowest BCUT2D eigenvalue weighted by Gasteiger charge is -2.16. The van der Waals surface area contributed by atoms with Crippen molar-refractivity contribution >= 4 is 11.0 Å². The predicted octanol–water partition coefficient (Wildman–Crippen LogP) is 4.04. The number of rotatable bonds is 3. The molecule has 106 valence electrons. The first kappa shape index (κ1) is 13.4. The maximum absolute atomic E-state index is 12.3. The summed E-state index contributed by atoms with van der Waals surface area (Å²) in [6, 6.07) is 16.7. The summed E-state index contributed by atoms with van der Waals surface area (Å²) in [5, 5.41) is 11.1. The van der Waals surface area contributed by atoms with Crippen LogP contribution in [-0.2, 0) is 0 Å². The Bertz CT molecular complexity index is 819. The quantitative estimate of drug-likeness (QED) is 0.737. The average molecular weight is 281 g/mol. The zero-order valence-corrected chi connectivity index (χ0v) is 11.7. The lowest BCUT2D eigenvalue weighted by atomic mass is 9.91. The van der Waals surface area contributed by atoms with Crippen molar-refractivity contribution in [3.63, 3.8) is 0 Å². The molecule has 0 saturated heterocycles. The number of benzene rings is 2. The van der Waals surface area contributed by atoms with E-state index in [4.69, 9.17) is 4.42 Å². The Labute approximate surface area is 122 Å². The van der Waals surface area contributed by atoms with E-state index in [1.54, 1.807) is 18.2 Å². The van der Waals surface area contributed by atoms with Crippen LogP contribution in [0.5, 0.6) is 5.75 Å². The Morgan fingerprint density at radius 1 is 1.05 bits per heavy atom. The molecule has 0 radical (unpaired) electrons. The number of aromatic hydroxyl groups is 1. The Balaban J connectivity index is 2.26. The van der Waals surface area contributed by atoms with E-state index < -0.39 is 5.63 Å². The van der Waals surface area contributed by atoms with Crippen LogP contribution in [0.25, 0.3) is 11.0 Å². The smallest absolute Gasteiger partial charge is 0.343 e. The highest BCUT2D eigenvalue weighted by atomic mass is 16.5. The summed E-state index contributed by atoms with van der Waals surface area (Å²) in [5.41, 5.74) is 1.27. The first-order valence-corrected chi connectivity index (χ1v) is 7.02. The molecule has 1 unspecified atom stereocenters. The zero-order valence-electron chi connectivity index (χ0n) is 11.7. The van der Waals surface area contributed by atoms with Gasteiger partial charge in [0.2, 0.25) is 0 Å². The third-order valence-electron chi connectivity index (χ3n) is 3.78. The van der Waals surface area contributed by atoms with E-state index in [-0.39, 0.29) is 11.7 Å². The third kappa shape index (κ3) is 2.31. The maximum atomic E-state index is 12.3. The van der Waals surface area contributed by atoms with Gasteiger partial charge in [0.25, 0.3) is 0 Å². The van der Waals surface area contributed by atoms with E-state index in [9.17, 15) is 9.90 Å². The molecule has 1 aromatic heterocycles. The first-order valence-electron chi connectivity index (χ1n) is 7.02. The molecule has 0 fully saturated rings. The molecule has 1 atom stereocenters. The van der Waals surface area contributed by atoms with Gasteiger partial charge in [0.15, 0.2) is 0 Å². The standard InChI is InChI=1S/C18H16O3/c1-2-13(12-8-4-3-5-9-12)16-17(19)14-10-6-7-11-15(14)21-18(16)20/h3-11,13,19H,2H2,1H3/i18+1. The number of fused-ring (bicyclic) bond motifs is 1. The van der Waals surface area contributed by atoms with Gasteiger partial charge in [-0.2, -0.15) is 0 Å². The van der Waals surface area contributed by atoms with Gasteiger partial charge >= 0.3 is 5.63 Å². The Morgan fingerprint density at radius 2 is 1.71 bits per heavy atom. The Hall–Kier alpha value is -2.55. The van der Waals surface area contributed by atoms with Gasteiger partial charge in [0.05, 0.1) is 10.9 Å². The van der Waals surface area contributed by atoms with Crippen LogP contribution in [0.15, 0.2) is 63.8 Å². The minimum Gasteiger partial charge on any atom is -0.507 e. The van der Waals surface area contributed by atoms with Gasteiger partial charge in [-0.25, -0.2) is 4.79 Å². The monoisotopic (exact) mass is 281 g/mol.